The maximum Gasteiger partial charge on any atom is 0.245 e. The van der Waals surface area contributed by atoms with Gasteiger partial charge in [0.1, 0.15) is 6.04 Å². The predicted octanol–water partition coefficient (Wildman–Crippen LogP) is 0.945. The Balaban J connectivity index is 2.47. The van der Waals surface area contributed by atoms with Gasteiger partial charge in [0.25, 0.3) is 0 Å². The highest BCUT2D eigenvalue weighted by Gasteiger charge is 2.32. The largest absolute Gasteiger partial charge is 0.382 e. The van der Waals surface area contributed by atoms with Crippen LogP contribution in [-0.2, 0) is 19.1 Å². The van der Waals surface area contributed by atoms with E-state index in [0.717, 1.165) is 12.8 Å². The molecule has 1 aliphatic heterocycles. The first kappa shape index (κ1) is 17.9. The van der Waals surface area contributed by atoms with E-state index in [1.165, 1.54) is 0 Å². The molecular formula is C15H28N2O4. The Hall–Kier alpha value is -1.14. The quantitative estimate of drug-likeness (QED) is 0.644. The minimum Gasteiger partial charge on any atom is -0.382 e. The molecule has 2 atom stereocenters. The van der Waals surface area contributed by atoms with E-state index in [9.17, 15) is 9.59 Å². The highest BCUT2D eigenvalue weighted by molar-refractivity contribution is 5.90. The first-order chi connectivity index (χ1) is 10.1. The van der Waals surface area contributed by atoms with E-state index in [0.29, 0.717) is 39.2 Å². The summed E-state index contributed by atoms with van der Waals surface area (Å²) < 4.78 is 10.3. The molecule has 1 heterocycles. The van der Waals surface area contributed by atoms with Crippen LogP contribution in [-0.4, -0.2) is 62.3 Å². The van der Waals surface area contributed by atoms with Crippen molar-refractivity contribution in [2.24, 2.45) is 0 Å². The Bertz CT molecular complexity index is 336. The number of carbonyl (C=O) groups is 2. The van der Waals surface area contributed by atoms with Gasteiger partial charge in [-0.25, -0.2) is 0 Å². The lowest BCUT2D eigenvalue weighted by atomic mass is 10.1. The van der Waals surface area contributed by atoms with Crippen molar-refractivity contribution in [1.82, 2.24) is 10.2 Å². The summed E-state index contributed by atoms with van der Waals surface area (Å²) in [6.45, 7) is 6.32. The van der Waals surface area contributed by atoms with Gasteiger partial charge >= 0.3 is 0 Å². The SMILES string of the molecule is CCCC1NC(=O)CC(C)N(CCCOCCOC)C1=O. The maximum atomic E-state index is 12.5. The minimum atomic E-state index is -0.373. The molecule has 0 aliphatic carbocycles. The third kappa shape index (κ3) is 6.01. The third-order valence-corrected chi connectivity index (χ3v) is 3.63. The van der Waals surface area contributed by atoms with Gasteiger partial charge in [-0.15, -0.1) is 0 Å². The van der Waals surface area contributed by atoms with E-state index in [1.807, 2.05) is 18.7 Å². The molecule has 0 bridgehead atoms. The molecule has 6 heteroatoms. The molecule has 0 spiro atoms. The number of ether oxygens (including phenoxy) is 2. The normalized spacial score (nSPS) is 23.1. The fourth-order valence-corrected chi connectivity index (χ4v) is 2.51. The summed E-state index contributed by atoms with van der Waals surface area (Å²) in [6, 6.07) is -0.430. The van der Waals surface area contributed by atoms with Crippen molar-refractivity contribution in [1.29, 1.82) is 0 Å². The second kappa shape index (κ2) is 9.73. The van der Waals surface area contributed by atoms with Gasteiger partial charge in [0, 0.05) is 32.7 Å². The molecule has 6 nitrogen and oxygen atoms in total. The number of rotatable bonds is 9. The zero-order chi connectivity index (χ0) is 15.7. The Labute approximate surface area is 127 Å². The van der Waals surface area contributed by atoms with E-state index < -0.39 is 0 Å². The van der Waals surface area contributed by atoms with Crippen molar-refractivity contribution in [3.63, 3.8) is 0 Å². The molecule has 0 saturated carbocycles. The van der Waals surface area contributed by atoms with Gasteiger partial charge in [0.15, 0.2) is 0 Å². The second-order valence-electron chi connectivity index (χ2n) is 5.45. The molecule has 0 aromatic heterocycles. The predicted molar refractivity (Wildman–Crippen MR) is 79.9 cm³/mol. The zero-order valence-corrected chi connectivity index (χ0v) is 13.4. The highest BCUT2D eigenvalue weighted by atomic mass is 16.5. The maximum absolute atomic E-state index is 12.5. The lowest BCUT2D eigenvalue weighted by Crippen LogP contribution is -2.46. The smallest absolute Gasteiger partial charge is 0.245 e. The van der Waals surface area contributed by atoms with E-state index >= 15 is 0 Å². The van der Waals surface area contributed by atoms with Crippen LogP contribution in [0.1, 0.15) is 39.5 Å². The van der Waals surface area contributed by atoms with Crippen LogP contribution in [0.25, 0.3) is 0 Å². The Morgan fingerprint density at radius 2 is 2.05 bits per heavy atom. The molecule has 1 rings (SSSR count). The fraction of sp³-hybridized carbons (Fsp3) is 0.867. The van der Waals surface area contributed by atoms with Crippen molar-refractivity contribution < 1.29 is 19.1 Å². The van der Waals surface area contributed by atoms with E-state index in [4.69, 9.17) is 9.47 Å². The van der Waals surface area contributed by atoms with E-state index in [2.05, 4.69) is 5.32 Å². The molecule has 1 aliphatic rings. The van der Waals surface area contributed by atoms with Crippen LogP contribution >= 0.6 is 0 Å². The van der Waals surface area contributed by atoms with Crippen molar-refractivity contribution >= 4 is 11.8 Å². The van der Waals surface area contributed by atoms with Gasteiger partial charge < -0.3 is 19.7 Å². The molecule has 1 saturated heterocycles. The minimum absolute atomic E-state index is 0.0341. The second-order valence-corrected chi connectivity index (χ2v) is 5.45. The summed E-state index contributed by atoms with van der Waals surface area (Å²) in [5, 5.41) is 2.83. The Morgan fingerprint density at radius 1 is 1.29 bits per heavy atom. The van der Waals surface area contributed by atoms with Crippen LogP contribution in [0.5, 0.6) is 0 Å². The van der Waals surface area contributed by atoms with Crippen LogP contribution in [0.15, 0.2) is 0 Å². The number of hydrogen-bond acceptors (Lipinski definition) is 4. The van der Waals surface area contributed by atoms with Gasteiger partial charge in [0.2, 0.25) is 11.8 Å². The van der Waals surface area contributed by atoms with Gasteiger partial charge in [-0.3, -0.25) is 9.59 Å². The number of nitrogens with one attached hydrogen (secondary N) is 1. The first-order valence-electron chi connectivity index (χ1n) is 7.76. The molecule has 2 unspecified atom stereocenters. The number of amides is 2. The molecule has 2 amide bonds. The number of hydrogen-bond donors (Lipinski definition) is 1. The standard InChI is InChI=1S/C15H28N2O4/c1-4-6-13-15(19)17(12(2)11-14(18)16-13)7-5-8-21-10-9-20-3/h12-13H,4-11H2,1-3H3,(H,16,18). The monoisotopic (exact) mass is 300 g/mol. The van der Waals surface area contributed by atoms with Crippen molar-refractivity contribution in [3.8, 4) is 0 Å². The van der Waals surface area contributed by atoms with Crippen LogP contribution in [0.2, 0.25) is 0 Å². The summed E-state index contributed by atoms with van der Waals surface area (Å²) >= 11 is 0. The van der Waals surface area contributed by atoms with Crippen molar-refractivity contribution in [3.05, 3.63) is 0 Å². The average Bonchev–Trinajstić information content (AvgIpc) is 2.53. The van der Waals surface area contributed by atoms with Gasteiger partial charge in [0.05, 0.1) is 13.2 Å². The Kier molecular flexibility index (Phi) is 8.30. The fourth-order valence-electron chi connectivity index (χ4n) is 2.51. The summed E-state index contributed by atoms with van der Waals surface area (Å²) in [7, 11) is 1.64. The van der Waals surface area contributed by atoms with Crippen LogP contribution < -0.4 is 5.32 Å². The molecule has 0 radical (unpaired) electrons. The molecule has 21 heavy (non-hydrogen) atoms. The molecule has 1 N–H and O–H groups in total. The summed E-state index contributed by atoms with van der Waals surface area (Å²) in [5.41, 5.74) is 0. The number of carbonyl (C=O) groups excluding carboxylic acids is 2. The molecular weight excluding hydrogens is 272 g/mol. The molecule has 122 valence electrons. The van der Waals surface area contributed by atoms with Crippen LogP contribution in [0.4, 0.5) is 0 Å². The van der Waals surface area contributed by atoms with Gasteiger partial charge in [-0.1, -0.05) is 13.3 Å². The lowest BCUT2D eigenvalue weighted by Gasteiger charge is -2.28. The molecule has 0 aromatic carbocycles. The number of nitrogens with zero attached hydrogens (tertiary/aromatic N) is 1. The zero-order valence-electron chi connectivity index (χ0n) is 13.4. The van der Waals surface area contributed by atoms with Crippen LogP contribution in [0.3, 0.4) is 0 Å². The summed E-state index contributed by atoms with van der Waals surface area (Å²) in [6.07, 6.45) is 2.71. The van der Waals surface area contributed by atoms with Gasteiger partial charge in [-0.05, 0) is 19.8 Å². The van der Waals surface area contributed by atoms with E-state index in [1.54, 1.807) is 7.11 Å². The lowest BCUT2D eigenvalue weighted by molar-refractivity contribution is -0.135. The summed E-state index contributed by atoms with van der Waals surface area (Å²) in [4.78, 5) is 26.1. The van der Waals surface area contributed by atoms with Crippen molar-refractivity contribution in [2.75, 3.05) is 33.5 Å². The molecule has 1 fully saturated rings. The van der Waals surface area contributed by atoms with Gasteiger partial charge in [-0.2, -0.15) is 0 Å². The molecule has 0 aromatic rings. The highest BCUT2D eigenvalue weighted by Crippen LogP contribution is 2.14. The first-order valence-corrected chi connectivity index (χ1v) is 7.76. The van der Waals surface area contributed by atoms with Crippen molar-refractivity contribution in [2.45, 2.75) is 51.6 Å². The van der Waals surface area contributed by atoms with Crippen LogP contribution in [0, 0.1) is 0 Å². The Morgan fingerprint density at radius 3 is 2.71 bits per heavy atom. The summed E-state index contributed by atoms with van der Waals surface area (Å²) in [5.74, 6) is 0.000219. The average molecular weight is 300 g/mol. The third-order valence-electron chi connectivity index (χ3n) is 3.63. The number of methoxy groups -OCH3 is 1. The van der Waals surface area contributed by atoms with E-state index in [-0.39, 0.29) is 23.9 Å². The topological polar surface area (TPSA) is 67.9 Å².